The Hall–Kier alpha value is -1.62. The number of benzene rings is 1. The van der Waals surface area contributed by atoms with Crippen molar-refractivity contribution in [2.24, 2.45) is 5.92 Å². The van der Waals surface area contributed by atoms with Crippen LogP contribution >= 0.6 is 34.5 Å². The van der Waals surface area contributed by atoms with Crippen molar-refractivity contribution in [3.63, 3.8) is 0 Å². The number of hydrogen-bond donors (Lipinski definition) is 1. The average Bonchev–Trinajstić information content (AvgIpc) is 3.24. The smallest absolute Gasteiger partial charge is 0.148 e. The van der Waals surface area contributed by atoms with Crippen LogP contribution in [0.2, 0.25) is 10.0 Å². The maximum Gasteiger partial charge on any atom is 0.148 e. The molecule has 3 nitrogen and oxygen atoms in total. The fraction of sp³-hybridized carbons (Fsp3) is 0.440. The van der Waals surface area contributed by atoms with Gasteiger partial charge >= 0.3 is 0 Å². The van der Waals surface area contributed by atoms with Crippen LogP contribution < -0.4 is 5.32 Å². The van der Waals surface area contributed by atoms with Crippen LogP contribution in [0.4, 0.5) is 5.82 Å². The SMILES string of the molecule is CCC[C@@H]1CCc2sccc2[C@H]1Nc1nc(CC)c(-c2ccc(Cl)cc2Cl)nc1CC. The van der Waals surface area contributed by atoms with Crippen LogP contribution in [0.1, 0.15) is 67.9 Å². The Morgan fingerprint density at radius 2 is 1.87 bits per heavy atom. The van der Waals surface area contributed by atoms with E-state index in [1.807, 2.05) is 23.5 Å². The highest BCUT2D eigenvalue weighted by atomic mass is 35.5. The number of nitrogens with zero attached hydrogens (tertiary/aromatic N) is 2. The Morgan fingerprint density at radius 1 is 1.06 bits per heavy atom. The van der Waals surface area contributed by atoms with Crippen LogP contribution in [0.15, 0.2) is 29.6 Å². The molecule has 0 bridgehead atoms. The van der Waals surface area contributed by atoms with E-state index in [2.05, 4.69) is 37.5 Å². The third kappa shape index (κ3) is 4.62. The fourth-order valence-electron chi connectivity index (χ4n) is 4.60. The van der Waals surface area contributed by atoms with E-state index in [0.29, 0.717) is 22.0 Å². The lowest BCUT2D eigenvalue weighted by molar-refractivity contribution is 0.372. The zero-order valence-electron chi connectivity index (χ0n) is 18.3. The van der Waals surface area contributed by atoms with Crippen molar-refractivity contribution >= 4 is 40.4 Å². The number of halogens is 2. The van der Waals surface area contributed by atoms with Gasteiger partial charge in [-0.25, -0.2) is 9.97 Å². The second-order valence-corrected chi connectivity index (χ2v) is 10.00. The summed E-state index contributed by atoms with van der Waals surface area (Å²) in [5.41, 5.74) is 5.13. The van der Waals surface area contributed by atoms with Crippen molar-refractivity contribution in [2.75, 3.05) is 5.32 Å². The second kappa shape index (κ2) is 9.89. The van der Waals surface area contributed by atoms with Gasteiger partial charge in [-0.15, -0.1) is 11.3 Å². The van der Waals surface area contributed by atoms with E-state index in [1.165, 1.54) is 36.1 Å². The first-order valence-corrected chi connectivity index (χ1v) is 12.9. The van der Waals surface area contributed by atoms with E-state index >= 15 is 0 Å². The van der Waals surface area contributed by atoms with Crippen LogP contribution in [0.5, 0.6) is 0 Å². The summed E-state index contributed by atoms with van der Waals surface area (Å²) < 4.78 is 0. The molecule has 6 heteroatoms. The van der Waals surface area contributed by atoms with Crippen molar-refractivity contribution in [3.8, 4) is 11.3 Å². The molecule has 0 fully saturated rings. The standard InChI is InChI=1S/C25H29Cl2N3S/c1-4-7-15-8-11-22-18(12-13-31-22)23(15)30-25-21(6-3)28-24(20(5-2)29-25)17-10-9-16(26)14-19(17)27/h9-10,12-15,23H,4-8,11H2,1-3H3,(H,29,30)/t15-,23+/m1/s1. The second-order valence-electron chi connectivity index (χ2n) is 8.15. The molecule has 3 aromatic rings. The van der Waals surface area contributed by atoms with Gasteiger partial charge in [0.25, 0.3) is 0 Å². The van der Waals surface area contributed by atoms with Gasteiger partial charge in [0, 0.05) is 15.5 Å². The van der Waals surface area contributed by atoms with E-state index < -0.39 is 0 Å². The summed E-state index contributed by atoms with van der Waals surface area (Å²) in [4.78, 5) is 11.6. The van der Waals surface area contributed by atoms with Gasteiger partial charge in [0.05, 0.1) is 28.1 Å². The average molecular weight is 475 g/mol. The Bertz CT molecular complexity index is 1060. The molecule has 4 rings (SSSR count). The van der Waals surface area contributed by atoms with Crippen LogP contribution in [-0.4, -0.2) is 9.97 Å². The molecule has 1 aliphatic carbocycles. The molecule has 164 valence electrons. The van der Waals surface area contributed by atoms with Gasteiger partial charge in [-0.2, -0.15) is 0 Å². The number of aryl methyl sites for hydroxylation is 3. The molecule has 1 N–H and O–H groups in total. The number of nitrogens with one attached hydrogen (secondary N) is 1. The van der Waals surface area contributed by atoms with Crippen molar-refractivity contribution in [1.29, 1.82) is 0 Å². The highest BCUT2D eigenvalue weighted by Gasteiger charge is 2.31. The van der Waals surface area contributed by atoms with Crippen LogP contribution in [-0.2, 0) is 19.3 Å². The minimum atomic E-state index is 0.296. The number of rotatable bonds is 7. The third-order valence-corrected chi connectivity index (χ3v) is 7.72. The molecule has 1 aliphatic rings. The lowest BCUT2D eigenvalue weighted by atomic mass is 9.81. The Morgan fingerprint density at radius 3 is 2.58 bits per heavy atom. The molecule has 1 aromatic carbocycles. The lowest BCUT2D eigenvalue weighted by Gasteiger charge is -2.33. The molecule has 0 unspecified atom stereocenters. The molecule has 0 saturated heterocycles. The number of aromatic nitrogens is 2. The number of fused-ring (bicyclic) bond motifs is 1. The molecule has 0 radical (unpaired) electrons. The van der Waals surface area contributed by atoms with Gasteiger partial charge in [-0.05, 0) is 73.2 Å². The van der Waals surface area contributed by atoms with Gasteiger partial charge in [-0.3, -0.25) is 0 Å². The topological polar surface area (TPSA) is 37.8 Å². The predicted octanol–water partition coefficient (Wildman–Crippen LogP) is 8.15. The van der Waals surface area contributed by atoms with Crippen LogP contribution in [0.3, 0.4) is 0 Å². The van der Waals surface area contributed by atoms with E-state index in [4.69, 9.17) is 33.2 Å². The predicted molar refractivity (Wildman–Crippen MR) is 134 cm³/mol. The van der Waals surface area contributed by atoms with E-state index in [9.17, 15) is 0 Å². The summed E-state index contributed by atoms with van der Waals surface area (Å²) in [7, 11) is 0. The first kappa shape index (κ1) is 22.6. The summed E-state index contributed by atoms with van der Waals surface area (Å²) in [6.07, 6.45) is 6.43. The zero-order chi connectivity index (χ0) is 22.0. The first-order valence-electron chi connectivity index (χ1n) is 11.2. The maximum absolute atomic E-state index is 6.51. The summed E-state index contributed by atoms with van der Waals surface area (Å²) in [5, 5.41) is 7.29. The maximum atomic E-state index is 6.51. The highest BCUT2D eigenvalue weighted by Crippen LogP contribution is 2.42. The van der Waals surface area contributed by atoms with Crippen LogP contribution in [0.25, 0.3) is 11.3 Å². The number of hydrogen-bond acceptors (Lipinski definition) is 4. The largest absolute Gasteiger partial charge is 0.361 e. The molecular weight excluding hydrogens is 445 g/mol. The fourth-order valence-corrected chi connectivity index (χ4v) is 6.05. The lowest BCUT2D eigenvalue weighted by Crippen LogP contribution is -2.27. The molecule has 31 heavy (non-hydrogen) atoms. The minimum absolute atomic E-state index is 0.296. The Labute approximate surface area is 199 Å². The van der Waals surface area contributed by atoms with E-state index in [-0.39, 0.29) is 0 Å². The van der Waals surface area contributed by atoms with Gasteiger partial charge in [0.2, 0.25) is 0 Å². The van der Waals surface area contributed by atoms with Crippen LogP contribution in [0, 0.1) is 5.92 Å². The molecule has 2 heterocycles. The minimum Gasteiger partial charge on any atom is -0.361 e. The van der Waals surface area contributed by atoms with Crippen molar-refractivity contribution in [2.45, 2.75) is 65.3 Å². The van der Waals surface area contributed by atoms with E-state index in [1.54, 1.807) is 6.07 Å². The summed E-state index contributed by atoms with van der Waals surface area (Å²) >= 11 is 14.5. The molecule has 2 aromatic heterocycles. The number of thiophene rings is 1. The van der Waals surface area contributed by atoms with Gasteiger partial charge in [0.1, 0.15) is 5.82 Å². The van der Waals surface area contributed by atoms with E-state index in [0.717, 1.165) is 41.3 Å². The van der Waals surface area contributed by atoms with Crippen molar-refractivity contribution in [3.05, 3.63) is 61.5 Å². The third-order valence-electron chi connectivity index (χ3n) is 6.18. The number of anilines is 1. The normalized spacial score (nSPS) is 18.1. The monoisotopic (exact) mass is 473 g/mol. The highest BCUT2D eigenvalue weighted by molar-refractivity contribution is 7.10. The molecular formula is C25H29Cl2N3S. The first-order chi connectivity index (χ1) is 15.0. The Balaban J connectivity index is 1.75. The quantitative estimate of drug-likeness (QED) is 0.375. The van der Waals surface area contributed by atoms with Gasteiger partial charge in [0.15, 0.2) is 0 Å². The van der Waals surface area contributed by atoms with Gasteiger partial charge < -0.3 is 5.32 Å². The zero-order valence-corrected chi connectivity index (χ0v) is 20.7. The molecule has 0 saturated carbocycles. The molecule has 0 spiro atoms. The molecule has 0 amide bonds. The molecule has 2 atom stereocenters. The summed E-state index contributed by atoms with van der Waals surface area (Å²) in [5.74, 6) is 1.53. The summed E-state index contributed by atoms with van der Waals surface area (Å²) in [6.45, 7) is 6.52. The summed E-state index contributed by atoms with van der Waals surface area (Å²) in [6, 6.07) is 8.16. The molecule has 0 aliphatic heterocycles. The van der Waals surface area contributed by atoms with Crippen molar-refractivity contribution in [1.82, 2.24) is 9.97 Å². The Kier molecular flexibility index (Phi) is 7.20. The van der Waals surface area contributed by atoms with Gasteiger partial charge in [-0.1, -0.05) is 50.4 Å². The van der Waals surface area contributed by atoms with Crippen molar-refractivity contribution < 1.29 is 0 Å².